The Bertz CT molecular complexity index is 418. The molecule has 0 aromatic heterocycles. The highest BCUT2D eigenvalue weighted by molar-refractivity contribution is 9.10. The van der Waals surface area contributed by atoms with E-state index in [1.54, 1.807) is 0 Å². The third-order valence-corrected chi connectivity index (χ3v) is 2.68. The second-order valence-corrected chi connectivity index (χ2v) is 3.82. The van der Waals surface area contributed by atoms with E-state index in [1.165, 1.54) is 20.8 Å². The first-order valence-electron chi connectivity index (χ1n) is 3.92. The van der Waals surface area contributed by atoms with Crippen molar-refractivity contribution in [3.05, 3.63) is 46.4 Å². The van der Waals surface area contributed by atoms with Gasteiger partial charge < -0.3 is 0 Å². The molecule has 0 unspecified atom stereocenters. The molecule has 0 spiro atoms. The topological polar surface area (TPSA) is 0 Å². The maximum absolute atomic E-state index is 3.53. The van der Waals surface area contributed by atoms with Gasteiger partial charge in [-0.3, -0.25) is 0 Å². The van der Waals surface area contributed by atoms with Gasteiger partial charge in [0, 0.05) is 4.47 Å². The van der Waals surface area contributed by atoms with Gasteiger partial charge in [0.15, 0.2) is 0 Å². The minimum Gasteiger partial charge on any atom is -0.0605 e. The lowest BCUT2D eigenvalue weighted by atomic mass is 10.1. The fourth-order valence-corrected chi connectivity index (χ4v) is 1.84. The molecule has 0 atom stereocenters. The molecule has 60 valence electrons. The van der Waals surface area contributed by atoms with E-state index in [1.807, 2.05) is 0 Å². The average molecular weight is 221 g/mol. The van der Waals surface area contributed by atoms with Gasteiger partial charge in [-0.15, -0.1) is 0 Å². The predicted octanol–water partition coefficient (Wildman–Crippen LogP) is 3.91. The summed E-state index contributed by atoms with van der Waals surface area (Å²) in [4.78, 5) is 0. The summed E-state index contributed by atoms with van der Waals surface area (Å²) >= 11 is 3.53. The van der Waals surface area contributed by atoms with E-state index in [-0.39, 0.29) is 0 Å². The van der Waals surface area contributed by atoms with Crippen LogP contribution < -0.4 is 0 Å². The lowest BCUT2D eigenvalue weighted by Crippen LogP contribution is -1.75. The molecular weight excluding hydrogens is 212 g/mol. The Morgan fingerprint density at radius 2 is 1.92 bits per heavy atom. The minimum atomic E-state index is 1.17. The van der Waals surface area contributed by atoms with Gasteiger partial charge in [0.1, 0.15) is 0 Å². The van der Waals surface area contributed by atoms with Gasteiger partial charge >= 0.3 is 0 Å². The van der Waals surface area contributed by atoms with Crippen LogP contribution in [0.15, 0.2) is 40.9 Å². The number of aryl methyl sites for hydroxylation is 1. The van der Waals surface area contributed by atoms with Crippen LogP contribution >= 0.6 is 15.9 Å². The van der Waals surface area contributed by atoms with Crippen LogP contribution in [0, 0.1) is 6.92 Å². The second kappa shape index (κ2) is 2.91. The first-order chi connectivity index (χ1) is 5.77. The highest BCUT2D eigenvalue weighted by atomic mass is 79.9. The summed E-state index contributed by atoms with van der Waals surface area (Å²) in [5, 5.41) is 2.58. The zero-order valence-electron chi connectivity index (χ0n) is 6.84. The summed E-state index contributed by atoms with van der Waals surface area (Å²) in [6.07, 6.45) is 0. The number of halogens is 1. The molecule has 2 aromatic rings. The third kappa shape index (κ3) is 1.25. The van der Waals surface area contributed by atoms with Gasteiger partial charge in [-0.05, 0) is 23.8 Å². The Labute approximate surface area is 80.3 Å². The fraction of sp³-hybridized carbons (Fsp3) is 0.0909. The van der Waals surface area contributed by atoms with Crippen LogP contribution in [0.25, 0.3) is 10.8 Å². The number of fused-ring (bicyclic) bond motifs is 1. The molecule has 2 rings (SSSR count). The molecule has 0 N–H and O–H groups in total. The monoisotopic (exact) mass is 220 g/mol. The molecule has 0 radical (unpaired) electrons. The molecule has 0 aliphatic carbocycles. The number of hydrogen-bond acceptors (Lipinski definition) is 0. The van der Waals surface area contributed by atoms with E-state index in [0.717, 1.165) is 0 Å². The van der Waals surface area contributed by atoms with Crippen molar-refractivity contribution in [3.8, 4) is 0 Å². The Morgan fingerprint density at radius 1 is 1.08 bits per heavy atom. The predicted molar refractivity (Wildman–Crippen MR) is 56.4 cm³/mol. The summed E-state index contributed by atoms with van der Waals surface area (Å²) in [6, 6.07) is 12.7. The summed E-state index contributed by atoms with van der Waals surface area (Å²) in [5.41, 5.74) is 1.30. The van der Waals surface area contributed by atoms with Crippen molar-refractivity contribution < 1.29 is 0 Å². The van der Waals surface area contributed by atoms with Crippen molar-refractivity contribution in [1.82, 2.24) is 0 Å². The first-order valence-corrected chi connectivity index (χ1v) is 4.71. The molecule has 0 heterocycles. The standard InChI is InChI=1S/C11H9Br/c1-8-5-6-9-3-2-4-11(12)10(9)7-8/h2-7H,1H3. The Balaban J connectivity index is 2.88. The molecular formula is C11H9Br. The van der Waals surface area contributed by atoms with Crippen LogP contribution in [0.4, 0.5) is 0 Å². The molecule has 0 bridgehead atoms. The molecule has 0 fully saturated rings. The summed E-state index contributed by atoms with van der Waals surface area (Å²) in [5.74, 6) is 0. The molecule has 0 saturated heterocycles. The molecule has 1 heteroatoms. The van der Waals surface area contributed by atoms with Gasteiger partial charge in [-0.25, -0.2) is 0 Å². The number of benzene rings is 2. The van der Waals surface area contributed by atoms with Crippen molar-refractivity contribution in [2.24, 2.45) is 0 Å². The van der Waals surface area contributed by atoms with Crippen molar-refractivity contribution in [3.63, 3.8) is 0 Å². The van der Waals surface area contributed by atoms with Crippen LogP contribution in [0.5, 0.6) is 0 Å². The van der Waals surface area contributed by atoms with Crippen LogP contribution in [-0.2, 0) is 0 Å². The summed E-state index contributed by atoms with van der Waals surface area (Å²) in [6.45, 7) is 2.11. The highest BCUT2D eigenvalue weighted by Gasteiger charge is 1.96. The Morgan fingerprint density at radius 3 is 2.75 bits per heavy atom. The molecule has 0 nitrogen and oxygen atoms in total. The van der Waals surface area contributed by atoms with Crippen molar-refractivity contribution >= 4 is 26.7 Å². The molecule has 0 amide bonds. The normalized spacial score (nSPS) is 10.5. The van der Waals surface area contributed by atoms with Gasteiger partial charge in [0.25, 0.3) is 0 Å². The zero-order chi connectivity index (χ0) is 8.55. The smallest absolute Gasteiger partial charge is 0.0253 e. The van der Waals surface area contributed by atoms with Crippen LogP contribution in [0.3, 0.4) is 0 Å². The second-order valence-electron chi connectivity index (χ2n) is 2.96. The van der Waals surface area contributed by atoms with Crippen LogP contribution in [0.2, 0.25) is 0 Å². The maximum Gasteiger partial charge on any atom is 0.0253 e. The third-order valence-electron chi connectivity index (χ3n) is 1.98. The summed E-state index contributed by atoms with van der Waals surface area (Å²) in [7, 11) is 0. The van der Waals surface area contributed by atoms with Gasteiger partial charge in [0.2, 0.25) is 0 Å². The molecule has 0 aliphatic rings. The van der Waals surface area contributed by atoms with Crippen LogP contribution in [-0.4, -0.2) is 0 Å². The molecule has 0 aliphatic heterocycles. The van der Waals surface area contributed by atoms with Crippen molar-refractivity contribution in [1.29, 1.82) is 0 Å². The molecule has 12 heavy (non-hydrogen) atoms. The fourth-order valence-electron chi connectivity index (χ4n) is 1.35. The van der Waals surface area contributed by atoms with E-state index >= 15 is 0 Å². The van der Waals surface area contributed by atoms with Crippen molar-refractivity contribution in [2.75, 3.05) is 0 Å². The van der Waals surface area contributed by atoms with Crippen molar-refractivity contribution in [2.45, 2.75) is 6.92 Å². The average Bonchev–Trinajstić information content (AvgIpc) is 2.07. The number of rotatable bonds is 0. The van der Waals surface area contributed by atoms with E-state index in [9.17, 15) is 0 Å². The van der Waals surface area contributed by atoms with Gasteiger partial charge in [-0.1, -0.05) is 51.8 Å². The van der Waals surface area contributed by atoms with Gasteiger partial charge in [-0.2, -0.15) is 0 Å². The SMILES string of the molecule is Cc1ccc2cccc(Br)c2c1. The quantitative estimate of drug-likeness (QED) is 0.632. The maximum atomic E-state index is 3.53. The lowest BCUT2D eigenvalue weighted by molar-refractivity contribution is 1.50. The van der Waals surface area contributed by atoms with E-state index in [0.29, 0.717) is 0 Å². The molecule has 0 saturated carbocycles. The van der Waals surface area contributed by atoms with E-state index in [4.69, 9.17) is 0 Å². The minimum absolute atomic E-state index is 1.17. The van der Waals surface area contributed by atoms with E-state index in [2.05, 4.69) is 59.3 Å². The zero-order valence-corrected chi connectivity index (χ0v) is 8.43. The molecule has 2 aromatic carbocycles. The summed E-state index contributed by atoms with van der Waals surface area (Å²) < 4.78 is 1.17. The lowest BCUT2D eigenvalue weighted by Gasteiger charge is -2.00. The largest absolute Gasteiger partial charge is 0.0605 e. The highest BCUT2D eigenvalue weighted by Crippen LogP contribution is 2.24. The Kier molecular flexibility index (Phi) is 1.89. The van der Waals surface area contributed by atoms with Crippen LogP contribution in [0.1, 0.15) is 5.56 Å². The first kappa shape index (κ1) is 7.81. The Hall–Kier alpha value is -0.820. The number of hydrogen-bond donors (Lipinski definition) is 0. The van der Waals surface area contributed by atoms with E-state index < -0.39 is 0 Å². The van der Waals surface area contributed by atoms with Gasteiger partial charge in [0.05, 0.1) is 0 Å².